The van der Waals surface area contributed by atoms with Gasteiger partial charge in [0.2, 0.25) is 5.91 Å². The van der Waals surface area contributed by atoms with Gasteiger partial charge in [0.15, 0.2) is 6.29 Å². The van der Waals surface area contributed by atoms with Crippen LogP contribution in [0.15, 0.2) is 30.5 Å². The van der Waals surface area contributed by atoms with Crippen molar-refractivity contribution in [1.29, 1.82) is 0 Å². The van der Waals surface area contributed by atoms with E-state index in [1.54, 1.807) is 20.0 Å². The highest BCUT2D eigenvalue weighted by Gasteiger charge is 2.45. The molecule has 8 atom stereocenters. The van der Waals surface area contributed by atoms with E-state index in [0.717, 1.165) is 10.9 Å². The van der Waals surface area contributed by atoms with Crippen LogP contribution < -0.4 is 10.4 Å². The second kappa shape index (κ2) is 12.0. The second-order valence-electron chi connectivity index (χ2n) is 9.58. The molecule has 2 unspecified atom stereocenters. The summed E-state index contributed by atoms with van der Waals surface area (Å²) in [6.07, 6.45) is -6.08. The molecule has 0 bridgehead atoms. The lowest BCUT2D eigenvalue weighted by Crippen LogP contribution is -2.57. The molecular weight excluding hydrogens is 509 g/mol. The van der Waals surface area contributed by atoms with Gasteiger partial charge in [0.25, 0.3) is 0 Å². The number of aromatic amines is 1. The van der Waals surface area contributed by atoms with Crippen molar-refractivity contribution in [2.45, 2.75) is 76.4 Å². The van der Waals surface area contributed by atoms with Crippen LogP contribution in [0, 0.1) is 5.92 Å². The van der Waals surface area contributed by atoms with Crippen LogP contribution in [-0.4, -0.2) is 85.0 Å². The van der Waals surface area contributed by atoms with Gasteiger partial charge in [0, 0.05) is 23.5 Å². The highest BCUT2D eigenvalue weighted by Crippen LogP contribution is 2.42. The SMILES string of the molecule is CC(C)C[C@H](NP(=O)(O)OC1O[C@@H](C)[C@H](O)[C@@H](O)[C@H]1O)C(=O)N[C@@H](Cc1c[nH]c2ccccc12)C(=O)O. The molecule has 1 saturated heterocycles. The molecule has 8 N–H and O–H groups in total. The number of aromatic nitrogens is 1. The number of fused-ring (bicyclic) bond motifs is 1. The fraction of sp³-hybridized carbons (Fsp3) is 0.565. The van der Waals surface area contributed by atoms with Gasteiger partial charge < -0.3 is 40.4 Å². The van der Waals surface area contributed by atoms with Gasteiger partial charge in [-0.15, -0.1) is 0 Å². The van der Waals surface area contributed by atoms with E-state index in [1.165, 1.54) is 6.92 Å². The number of benzene rings is 1. The minimum absolute atomic E-state index is 0.0347. The van der Waals surface area contributed by atoms with E-state index in [1.807, 2.05) is 24.3 Å². The van der Waals surface area contributed by atoms with Crippen LogP contribution >= 0.6 is 7.75 Å². The summed E-state index contributed by atoms with van der Waals surface area (Å²) in [7, 11) is -4.83. The summed E-state index contributed by atoms with van der Waals surface area (Å²) in [6.45, 7) is 4.90. The van der Waals surface area contributed by atoms with Gasteiger partial charge in [-0.1, -0.05) is 32.0 Å². The largest absolute Gasteiger partial charge is 0.480 e. The highest BCUT2D eigenvalue weighted by molar-refractivity contribution is 7.50. The van der Waals surface area contributed by atoms with Crippen LogP contribution in [0.25, 0.3) is 10.9 Å². The summed E-state index contributed by atoms with van der Waals surface area (Å²) in [5, 5.41) is 45.0. The number of aliphatic carboxylic acids is 1. The van der Waals surface area contributed by atoms with Crippen LogP contribution in [0.1, 0.15) is 32.8 Å². The number of nitrogens with one attached hydrogen (secondary N) is 3. The molecule has 2 aromatic rings. The molecule has 1 amide bonds. The molecule has 14 heteroatoms. The van der Waals surface area contributed by atoms with Gasteiger partial charge in [-0.2, -0.15) is 0 Å². The first-order chi connectivity index (χ1) is 17.3. The third-order valence-corrected chi connectivity index (χ3v) is 7.24. The molecule has 1 aliphatic rings. The first-order valence-corrected chi connectivity index (χ1v) is 13.4. The molecule has 37 heavy (non-hydrogen) atoms. The van der Waals surface area contributed by atoms with E-state index in [-0.39, 0.29) is 18.8 Å². The molecule has 1 aliphatic heterocycles. The topological polar surface area (TPSA) is 211 Å². The fourth-order valence-corrected chi connectivity index (χ4v) is 5.28. The lowest BCUT2D eigenvalue weighted by atomic mass is 10.0. The molecule has 2 heterocycles. The number of amides is 1. The van der Waals surface area contributed by atoms with E-state index >= 15 is 0 Å². The Morgan fingerprint density at radius 2 is 1.81 bits per heavy atom. The Morgan fingerprint density at radius 1 is 1.14 bits per heavy atom. The van der Waals surface area contributed by atoms with Crippen molar-refractivity contribution < 1.29 is 48.7 Å². The Labute approximate surface area is 213 Å². The first kappa shape index (κ1) is 29.2. The van der Waals surface area contributed by atoms with E-state index in [9.17, 15) is 39.5 Å². The maximum absolute atomic E-state index is 13.1. The molecule has 13 nitrogen and oxygen atoms in total. The zero-order valence-electron chi connectivity index (χ0n) is 20.6. The van der Waals surface area contributed by atoms with Gasteiger partial charge in [0.1, 0.15) is 24.4 Å². The quantitative estimate of drug-likeness (QED) is 0.180. The first-order valence-electron chi connectivity index (χ1n) is 11.9. The Bertz CT molecular complexity index is 1140. The van der Waals surface area contributed by atoms with Crippen molar-refractivity contribution in [2.75, 3.05) is 0 Å². The standard InChI is InChI=1S/C23H34N3O10P/c1-11(2)8-16(26-37(33,34)36-23-20(29)19(28)18(27)12(3)35-23)21(30)25-17(22(31)32)9-13-10-24-15-7-5-4-6-14(13)15/h4-7,10-12,16-20,23-24,27-29H,8-9H2,1-3H3,(H,25,30)(H,31,32)(H2,26,33,34)/t12-,16-,17-,18-,19+,20+,23?/m0/s1. The third-order valence-electron chi connectivity index (χ3n) is 6.11. The fourth-order valence-electron chi connectivity index (χ4n) is 4.15. The van der Waals surface area contributed by atoms with E-state index < -0.39 is 62.4 Å². The van der Waals surface area contributed by atoms with E-state index in [4.69, 9.17) is 9.26 Å². The predicted molar refractivity (Wildman–Crippen MR) is 131 cm³/mol. The maximum atomic E-state index is 13.1. The third kappa shape index (κ3) is 7.37. The lowest BCUT2D eigenvalue weighted by molar-refractivity contribution is -0.270. The molecule has 206 valence electrons. The summed E-state index contributed by atoms with van der Waals surface area (Å²) in [5.74, 6) is -2.27. The van der Waals surface area contributed by atoms with Crippen molar-refractivity contribution in [2.24, 2.45) is 5.92 Å². The molecule has 1 aromatic carbocycles. The van der Waals surface area contributed by atoms with Gasteiger partial charge in [-0.25, -0.2) is 14.4 Å². The minimum atomic E-state index is -4.83. The monoisotopic (exact) mass is 543 g/mol. The number of ether oxygens (including phenoxy) is 1. The van der Waals surface area contributed by atoms with Crippen LogP contribution in [0.4, 0.5) is 0 Å². The molecule has 3 rings (SSSR count). The van der Waals surface area contributed by atoms with Crippen LogP contribution in [0.3, 0.4) is 0 Å². The molecule has 1 fully saturated rings. The number of para-hydroxylation sites is 1. The number of hydrogen-bond donors (Lipinski definition) is 8. The summed E-state index contributed by atoms with van der Waals surface area (Å²) >= 11 is 0. The predicted octanol–water partition coefficient (Wildman–Crippen LogP) is 0.229. The van der Waals surface area contributed by atoms with Gasteiger partial charge in [-0.05, 0) is 30.9 Å². The molecule has 1 aromatic heterocycles. The number of carboxylic acid groups (broad SMARTS) is 1. The number of carbonyl (C=O) groups is 2. The summed E-state index contributed by atoms with van der Waals surface area (Å²) in [4.78, 5) is 38.5. The molecule has 0 saturated carbocycles. The normalized spacial score (nSPS) is 27.5. The zero-order valence-corrected chi connectivity index (χ0v) is 21.5. The average molecular weight is 544 g/mol. The molecule has 0 aliphatic carbocycles. The molecule has 0 spiro atoms. The average Bonchev–Trinajstić information content (AvgIpc) is 3.22. The van der Waals surface area contributed by atoms with Gasteiger partial charge in [0.05, 0.1) is 12.1 Å². The smallest absolute Gasteiger partial charge is 0.406 e. The number of carbonyl (C=O) groups excluding carboxylic acids is 1. The molecule has 0 radical (unpaired) electrons. The van der Waals surface area contributed by atoms with Crippen LogP contribution in [-0.2, 0) is 29.8 Å². The number of carboxylic acids is 1. The minimum Gasteiger partial charge on any atom is -0.480 e. The van der Waals surface area contributed by atoms with E-state index in [0.29, 0.717) is 5.56 Å². The second-order valence-corrected chi connectivity index (χ2v) is 11.1. The Balaban J connectivity index is 1.72. The van der Waals surface area contributed by atoms with Crippen LogP contribution in [0.2, 0.25) is 0 Å². The summed E-state index contributed by atoms with van der Waals surface area (Å²) < 4.78 is 23.0. The van der Waals surface area contributed by atoms with Crippen molar-refractivity contribution in [3.8, 4) is 0 Å². The number of aliphatic hydroxyl groups excluding tert-OH is 3. The van der Waals surface area contributed by atoms with E-state index in [2.05, 4.69) is 15.4 Å². The Hall–Kier alpha value is -2.35. The molecular formula is C23H34N3O10P. The lowest BCUT2D eigenvalue weighted by Gasteiger charge is -2.39. The zero-order chi connectivity index (χ0) is 27.5. The number of rotatable bonds is 11. The summed E-state index contributed by atoms with van der Waals surface area (Å²) in [6, 6.07) is 4.63. The Morgan fingerprint density at radius 3 is 2.46 bits per heavy atom. The highest BCUT2D eigenvalue weighted by atomic mass is 31.2. The number of hydrogen-bond acceptors (Lipinski definition) is 8. The van der Waals surface area contributed by atoms with Crippen molar-refractivity contribution in [3.63, 3.8) is 0 Å². The van der Waals surface area contributed by atoms with Gasteiger partial charge >= 0.3 is 13.7 Å². The summed E-state index contributed by atoms with van der Waals surface area (Å²) in [5.41, 5.74) is 1.48. The van der Waals surface area contributed by atoms with Crippen molar-refractivity contribution in [1.82, 2.24) is 15.4 Å². The van der Waals surface area contributed by atoms with Crippen molar-refractivity contribution >= 4 is 30.5 Å². The Kier molecular flexibility index (Phi) is 9.48. The van der Waals surface area contributed by atoms with Gasteiger partial charge in [-0.3, -0.25) is 9.32 Å². The number of H-pyrrole nitrogens is 1. The van der Waals surface area contributed by atoms with Crippen molar-refractivity contribution in [3.05, 3.63) is 36.0 Å². The number of aliphatic hydroxyl groups is 3. The maximum Gasteiger partial charge on any atom is 0.406 e. The van der Waals surface area contributed by atoms with Crippen LogP contribution in [0.5, 0.6) is 0 Å².